The lowest BCUT2D eigenvalue weighted by Crippen LogP contribution is -2.53. The molecule has 3 aliphatic carbocycles. The molecule has 1 aromatic rings. The molecule has 2 saturated carbocycles. The Bertz CT molecular complexity index is 748. The summed E-state index contributed by atoms with van der Waals surface area (Å²) in [5.41, 5.74) is 1.76. The smallest absolute Gasteiger partial charge is 0.238 e. The van der Waals surface area contributed by atoms with Gasteiger partial charge in [-0.1, -0.05) is 44.9 Å². The van der Waals surface area contributed by atoms with Gasteiger partial charge in [0.2, 0.25) is 5.91 Å². The Balaban J connectivity index is 1.71. The van der Waals surface area contributed by atoms with Gasteiger partial charge in [-0.05, 0) is 61.2 Å². The van der Waals surface area contributed by atoms with Crippen LogP contribution in [0, 0.1) is 28.1 Å². The molecule has 0 bridgehead atoms. The van der Waals surface area contributed by atoms with Crippen LogP contribution in [0.15, 0.2) is 43.0 Å². The predicted molar refractivity (Wildman–Crippen MR) is 105 cm³/mol. The number of aromatic nitrogens is 2. The molecule has 0 aromatic carbocycles. The highest BCUT2D eigenvalue weighted by atomic mass is 16.2. The van der Waals surface area contributed by atoms with E-state index in [1.165, 1.54) is 19.3 Å². The zero-order valence-corrected chi connectivity index (χ0v) is 16.5. The average molecular weight is 353 g/mol. The molecule has 0 N–H and O–H groups in total. The third-order valence-electron chi connectivity index (χ3n) is 8.05. The third kappa shape index (κ3) is 2.46. The molecule has 2 fully saturated rings. The van der Waals surface area contributed by atoms with E-state index in [9.17, 15) is 4.79 Å². The van der Waals surface area contributed by atoms with E-state index in [2.05, 4.69) is 44.5 Å². The standard InChI is InChI=1S/C23H32N2O/c1-5-21(2)12-9-18-17(15-21)7-8-19-22(18,3)10-6-11-23(19,4)20(26)25-14-13-24-16-25/h5,9,13-14,16-17,19H,1,6-8,10-12,15H2,2-4H3/t17?,19?,21-,22-,23+/m0/s1. The Labute approximate surface area is 157 Å². The highest BCUT2D eigenvalue weighted by Gasteiger charge is 2.57. The quantitative estimate of drug-likeness (QED) is 0.644. The van der Waals surface area contributed by atoms with Crippen molar-refractivity contribution in [3.05, 3.63) is 43.0 Å². The minimum Gasteiger partial charge on any atom is -0.276 e. The van der Waals surface area contributed by atoms with E-state index in [0.29, 0.717) is 11.8 Å². The first-order chi connectivity index (χ1) is 12.3. The van der Waals surface area contributed by atoms with Gasteiger partial charge in [-0.15, -0.1) is 6.58 Å². The highest BCUT2D eigenvalue weighted by molar-refractivity contribution is 5.85. The van der Waals surface area contributed by atoms with Crippen molar-refractivity contribution in [2.24, 2.45) is 28.1 Å². The van der Waals surface area contributed by atoms with Gasteiger partial charge in [0, 0.05) is 12.4 Å². The lowest BCUT2D eigenvalue weighted by Gasteiger charge is -2.58. The van der Waals surface area contributed by atoms with Gasteiger partial charge in [0.25, 0.3) is 0 Å². The van der Waals surface area contributed by atoms with E-state index in [-0.39, 0.29) is 22.2 Å². The van der Waals surface area contributed by atoms with Gasteiger partial charge in [0.1, 0.15) is 6.33 Å². The fraction of sp³-hybridized carbons (Fsp3) is 0.652. The summed E-state index contributed by atoms with van der Waals surface area (Å²) < 4.78 is 1.71. The van der Waals surface area contributed by atoms with Crippen LogP contribution in [0.25, 0.3) is 0 Å². The van der Waals surface area contributed by atoms with Crippen LogP contribution in [0.5, 0.6) is 0 Å². The van der Waals surface area contributed by atoms with Gasteiger partial charge in [-0.25, -0.2) is 4.98 Å². The molecule has 1 aromatic heterocycles. The molecular formula is C23H32N2O. The lowest BCUT2D eigenvalue weighted by atomic mass is 9.46. The van der Waals surface area contributed by atoms with Gasteiger partial charge in [0.05, 0.1) is 5.41 Å². The summed E-state index contributed by atoms with van der Waals surface area (Å²) >= 11 is 0. The zero-order chi connectivity index (χ0) is 18.6. The molecule has 3 nitrogen and oxygen atoms in total. The summed E-state index contributed by atoms with van der Waals surface area (Å²) in [6, 6.07) is 0. The van der Waals surface area contributed by atoms with E-state index in [4.69, 9.17) is 0 Å². The van der Waals surface area contributed by atoms with Crippen LogP contribution in [-0.2, 0) is 0 Å². The number of hydrogen-bond donors (Lipinski definition) is 0. The number of fused-ring (bicyclic) bond motifs is 3. The van der Waals surface area contributed by atoms with Gasteiger partial charge < -0.3 is 0 Å². The van der Waals surface area contributed by atoms with Crippen LogP contribution in [0.4, 0.5) is 0 Å². The SMILES string of the molecule is C=C[C@@]1(C)CC=C2C(CCC3[C@](C)(C(=O)n4ccnc4)CCC[C@@]23C)C1. The Morgan fingerprint density at radius 1 is 1.31 bits per heavy atom. The Hall–Kier alpha value is -1.64. The highest BCUT2D eigenvalue weighted by Crippen LogP contribution is 2.64. The van der Waals surface area contributed by atoms with Gasteiger partial charge in [0.15, 0.2) is 0 Å². The first-order valence-corrected chi connectivity index (χ1v) is 10.2. The van der Waals surface area contributed by atoms with Gasteiger partial charge in [-0.3, -0.25) is 9.36 Å². The van der Waals surface area contributed by atoms with E-state index in [1.54, 1.807) is 28.9 Å². The van der Waals surface area contributed by atoms with Crippen LogP contribution in [0.3, 0.4) is 0 Å². The van der Waals surface area contributed by atoms with E-state index >= 15 is 0 Å². The number of allylic oxidation sites excluding steroid dienone is 3. The topological polar surface area (TPSA) is 34.9 Å². The maximum Gasteiger partial charge on any atom is 0.238 e. The van der Waals surface area contributed by atoms with Crippen LogP contribution in [0.2, 0.25) is 0 Å². The van der Waals surface area contributed by atoms with Crippen molar-refractivity contribution in [1.29, 1.82) is 0 Å². The molecule has 0 amide bonds. The molecule has 2 unspecified atom stereocenters. The number of hydrogen-bond acceptors (Lipinski definition) is 2. The van der Waals surface area contributed by atoms with E-state index in [1.807, 2.05) is 0 Å². The second-order valence-corrected chi connectivity index (χ2v) is 9.72. The van der Waals surface area contributed by atoms with Crippen molar-refractivity contribution in [2.75, 3.05) is 0 Å². The molecule has 0 radical (unpaired) electrons. The van der Waals surface area contributed by atoms with Crippen LogP contribution >= 0.6 is 0 Å². The molecule has 3 aliphatic rings. The monoisotopic (exact) mass is 352 g/mol. The van der Waals surface area contributed by atoms with Crippen LogP contribution < -0.4 is 0 Å². The first kappa shape index (κ1) is 17.8. The van der Waals surface area contributed by atoms with Crippen molar-refractivity contribution in [1.82, 2.24) is 9.55 Å². The zero-order valence-electron chi connectivity index (χ0n) is 16.5. The molecular weight excluding hydrogens is 320 g/mol. The summed E-state index contributed by atoms with van der Waals surface area (Å²) in [6.07, 6.45) is 17.9. The molecule has 3 heteroatoms. The maximum absolute atomic E-state index is 13.4. The minimum atomic E-state index is -0.293. The largest absolute Gasteiger partial charge is 0.276 e. The molecule has 140 valence electrons. The van der Waals surface area contributed by atoms with Crippen LogP contribution in [-0.4, -0.2) is 15.5 Å². The van der Waals surface area contributed by atoms with Crippen molar-refractivity contribution < 1.29 is 4.79 Å². The van der Waals surface area contributed by atoms with Crippen molar-refractivity contribution in [3.63, 3.8) is 0 Å². The van der Waals surface area contributed by atoms with Crippen molar-refractivity contribution >= 4 is 5.91 Å². The summed E-state index contributed by atoms with van der Waals surface area (Å²) in [6.45, 7) is 11.1. The third-order valence-corrected chi connectivity index (χ3v) is 8.05. The van der Waals surface area contributed by atoms with Crippen molar-refractivity contribution in [3.8, 4) is 0 Å². The average Bonchev–Trinajstić information content (AvgIpc) is 3.15. The maximum atomic E-state index is 13.4. The van der Waals surface area contributed by atoms with Gasteiger partial charge >= 0.3 is 0 Å². The Kier molecular flexibility index (Phi) is 4.05. The normalized spacial score (nSPS) is 42.3. The first-order valence-electron chi connectivity index (χ1n) is 10.2. The second kappa shape index (κ2) is 5.94. The Morgan fingerprint density at radius 2 is 2.12 bits per heavy atom. The second-order valence-electron chi connectivity index (χ2n) is 9.72. The summed E-state index contributed by atoms with van der Waals surface area (Å²) in [5, 5.41) is 0. The molecule has 4 rings (SSSR count). The molecule has 0 spiro atoms. The predicted octanol–water partition coefficient (Wildman–Crippen LogP) is 5.66. The molecule has 5 atom stereocenters. The number of carbonyl (C=O) groups excluding carboxylic acids is 1. The number of imidazole rings is 1. The van der Waals surface area contributed by atoms with E-state index < -0.39 is 0 Å². The molecule has 26 heavy (non-hydrogen) atoms. The lowest BCUT2D eigenvalue weighted by molar-refractivity contribution is -0.0192. The molecule has 0 saturated heterocycles. The van der Waals surface area contributed by atoms with Crippen LogP contribution in [0.1, 0.15) is 70.5 Å². The Morgan fingerprint density at radius 3 is 2.81 bits per heavy atom. The fourth-order valence-corrected chi connectivity index (χ4v) is 6.54. The van der Waals surface area contributed by atoms with Crippen molar-refractivity contribution in [2.45, 2.75) is 65.7 Å². The molecule has 0 aliphatic heterocycles. The summed E-state index contributed by atoms with van der Waals surface area (Å²) in [4.78, 5) is 17.5. The number of carbonyl (C=O) groups is 1. The number of rotatable bonds is 2. The fourth-order valence-electron chi connectivity index (χ4n) is 6.54. The minimum absolute atomic E-state index is 0.161. The molecule has 1 heterocycles. The summed E-state index contributed by atoms with van der Waals surface area (Å²) in [5.74, 6) is 1.32. The van der Waals surface area contributed by atoms with E-state index in [0.717, 1.165) is 25.7 Å². The number of nitrogens with zero attached hydrogens (tertiary/aromatic N) is 2. The van der Waals surface area contributed by atoms with Gasteiger partial charge in [-0.2, -0.15) is 0 Å². The summed E-state index contributed by atoms with van der Waals surface area (Å²) in [7, 11) is 0.